The Morgan fingerprint density at radius 3 is 2.05 bits per heavy atom. The van der Waals surface area contributed by atoms with Crippen LogP contribution in [0, 0.1) is 35.2 Å². The first-order chi connectivity index (χ1) is 20.5. The summed E-state index contributed by atoms with van der Waals surface area (Å²) in [5.74, 6) is 0.230. The van der Waals surface area contributed by atoms with Gasteiger partial charge in [0.1, 0.15) is 5.82 Å². The minimum atomic E-state index is -1.00. The van der Waals surface area contributed by atoms with Crippen LogP contribution in [0.4, 0.5) is 13.2 Å². The number of ether oxygens (including phenoxy) is 1. The SMILES string of the molecule is CCCCCCCC1CCC(C2CC=C(c3ccc(-c4ccc(-c5ccc(OC)c(F)c5F)cc4)cc3F)CC2)CC1. The maximum absolute atomic E-state index is 15.4. The summed E-state index contributed by atoms with van der Waals surface area (Å²) in [6.07, 6.45) is 19.3. The Balaban J connectivity index is 1.16. The molecule has 0 spiro atoms. The molecule has 0 amide bonds. The number of methoxy groups -OCH3 is 1. The van der Waals surface area contributed by atoms with E-state index in [-0.39, 0.29) is 17.1 Å². The van der Waals surface area contributed by atoms with Gasteiger partial charge in [-0.25, -0.2) is 8.78 Å². The van der Waals surface area contributed by atoms with E-state index in [1.54, 1.807) is 18.2 Å². The van der Waals surface area contributed by atoms with E-state index in [4.69, 9.17) is 4.74 Å². The number of rotatable bonds is 11. The lowest BCUT2D eigenvalue weighted by molar-refractivity contribution is 0.187. The quantitative estimate of drug-likeness (QED) is 0.207. The Labute approximate surface area is 250 Å². The summed E-state index contributed by atoms with van der Waals surface area (Å²) < 4.78 is 48.9. The van der Waals surface area contributed by atoms with Crippen molar-refractivity contribution in [1.29, 1.82) is 0 Å². The van der Waals surface area contributed by atoms with E-state index in [0.717, 1.165) is 53.7 Å². The van der Waals surface area contributed by atoms with E-state index in [9.17, 15) is 8.78 Å². The summed E-state index contributed by atoms with van der Waals surface area (Å²) in [7, 11) is 1.31. The number of hydrogen-bond donors (Lipinski definition) is 0. The first-order valence-electron chi connectivity index (χ1n) is 16.1. The summed E-state index contributed by atoms with van der Waals surface area (Å²) >= 11 is 0. The number of halogens is 3. The highest BCUT2D eigenvalue weighted by molar-refractivity contribution is 5.74. The van der Waals surface area contributed by atoms with Gasteiger partial charge in [-0.15, -0.1) is 0 Å². The fraction of sp³-hybridized carbons (Fsp3) is 0.474. The van der Waals surface area contributed by atoms with Gasteiger partial charge in [0.15, 0.2) is 11.6 Å². The van der Waals surface area contributed by atoms with Crippen LogP contribution in [0.25, 0.3) is 27.8 Å². The molecule has 1 atom stereocenters. The molecule has 4 heteroatoms. The van der Waals surface area contributed by atoms with Crippen LogP contribution in [0.1, 0.15) is 96.0 Å². The van der Waals surface area contributed by atoms with E-state index in [0.29, 0.717) is 11.1 Å². The fourth-order valence-electron chi connectivity index (χ4n) is 7.22. The zero-order chi connectivity index (χ0) is 29.5. The maximum Gasteiger partial charge on any atom is 0.201 e. The van der Waals surface area contributed by atoms with Crippen molar-refractivity contribution in [2.45, 2.75) is 90.4 Å². The summed E-state index contributed by atoms with van der Waals surface area (Å²) in [6.45, 7) is 2.28. The number of hydrogen-bond acceptors (Lipinski definition) is 1. The predicted octanol–water partition coefficient (Wildman–Crippen LogP) is 11.8. The van der Waals surface area contributed by atoms with Crippen LogP contribution in [-0.2, 0) is 0 Å². The van der Waals surface area contributed by atoms with Crippen molar-refractivity contribution >= 4 is 5.57 Å². The molecule has 3 aromatic rings. The summed E-state index contributed by atoms with van der Waals surface area (Å²) in [6, 6.07) is 15.5. The standard InChI is InChI=1S/C38H45F3O/c1-3-4-5-6-7-8-26-9-11-27(12-10-26)28-13-17-30(18-14-28)33-22-21-32(25-35(33)39)29-15-19-31(20-16-29)34-23-24-36(42-2)38(41)37(34)40/h15-17,19-28H,3-14,18H2,1-2H3. The van der Waals surface area contributed by atoms with Crippen molar-refractivity contribution < 1.29 is 17.9 Å². The van der Waals surface area contributed by atoms with E-state index in [1.807, 2.05) is 24.3 Å². The maximum atomic E-state index is 15.4. The highest BCUT2D eigenvalue weighted by Crippen LogP contribution is 2.43. The van der Waals surface area contributed by atoms with Crippen LogP contribution < -0.4 is 4.74 Å². The molecule has 3 aromatic carbocycles. The zero-order valence-electron chi connectivity index (χ0n) is 25.2. The smallest absolute Gasteiger partial charge is 0.201 e. The van der Waals surface area contributed by atoms with E-state index >= 15 is 4.39 Å². The summed E-state index contributed by atoms with van der Waals surface area (Å²) in [4.78, 5) is 0. The van der Waals surface area contributed by atoms with Crippen LogP contribution in [0.2, 0.25) is 0 Å². The van der Waals surface area contributed by atoms with Gasteiger partial charge in [-0.3, -0.25) is 0 Å². The molecule has 0 N–H and O–H groups in total. The minimum Gasteiger partial charge on any atom is -0.494 e. The van der Waals surface area contributed by atoms with Crippen LogP contribution in [0.5, 0.6) is 5.75 Å². The van der Waals surface area contributed by atoms with Gasteiger partial charge in [0.05, 0.1) is 7.11 Å². The third kappa shape index (κ3) is 7.13. The molecule has 1 unspecified atom stereocenters. The molecule has 0 aliphatic heterocycles. The second kappa shape index (κ2) is 14.4. The average molecular weight is 575 g/mol. The average Bonchev–Trinajstić information content (AvgIpc) is 3.03. The van der Waals surface area contributed by atoms with Gasteiger partial charge in [0, 0.05) is 11.1 Å². The Hall–Kier alpha value is -3.01. The molecular formula is C38H45F3O. The number of benzene rings is 3. The van der Waals surface area contributed by atoms with Crippen molar-refractivity contribution in [3.63, 3.8) is 0 Å². The van der Waals surface area contributed by atoms with Gasteiger partial charge in [0.2, 0.25) is 5.82 Å². The molecule has 224 valence electrons. The number of unbranched alkanes of at least 4 members (excludes halogenated alkanes) is 4. The third-order valence-electron chi connectivity index (χ3n) is 9.84. The highest BCUT2D eigenvalue weighted by atomic mass is 19.2. The Bertz CT molecular complexity index is 1350. The Kier molecular flexibility index (Phi) is 10.5. The van der Waals surface area contributed by atoms with Crippen LogP contribution in [0.15, 0.2) is 60.7 Å². The third-order valence-corrected chi connectivity index (χ3v) is 9.84. The predicted molar refractivity (Wildman–Crippen MR) is 168 cm³/mol. The van der Waals surface area contributed by atoms with Crippen LogP contribution in [0.3, 0.4) is 0 Å². The molecule has 1 nitrogen and oxygen atoms in total. The molecule has 42 heavy (non-hydrogen) atoms. The second-order valence-corrected chi connectivity index (χ2v) is 12.5. The lowest BCUT2D eigenvalue weighted by Gasteiger charge is -2.35. The van der Waals surface area contributed by atoms with Crippen molar-refractivity contribution in [3.8, 4) is 28.0 Å². The molecule has 0 bridgehead atoms. The second-order valence-electron chi connectivity index (χ2n) is 12.5. The molecule has 2 aliphatic carbocycles. The highest BCUT2D eigenvalue weighted by Gasteiger charge is 2.29. The molecular weight excluding hydrogens is 529 g/mol. The van der Waals surface area contributed by atoms with E-state index in [1.165, 1.54) is 83.5 Å². The van der Waals surface area contributed by atoms with Gasteiger partial charge in [-0.2, -0.15) is 4.39 Å². The monoisotopic (exact) mass is 574 g/mol. The van der Waals surface area contributed by atoms with Crippen LogP contribution in [-0.4, -0.2) is 7.11 Å². The van der Waals surface area contributed by atoms with Crippen LogP contribution >= 0.6 is 0 Å². The Morgan fingerprint density at radius 1 is 0.690 bits per heavy atom. The van der Waals surface area contributed by atoms with Gasteiger partial charge < -0.3 is 4.74 Å². The first-order valence-corrected chi connectivity index (χ1v) is 16.1. The summed E-state index contributed by atoms with van der Waals surface area (Å²) in [5.41, 5.74) is 4.13. The molecule has 1 fully saturated rings. The van der Waals surface area contributed by atoms with Crippen molar-refractivity contribution in [2.75, 3.05) is 7.11 Å². The lowest BCUT2D eigenvalue weighted by atomic mass is 9.70. The largest absolute Gasteiger partial charge is 0.494 e. The lowest BCUT2D eigenvalue weighted by Crippen LogP contribution is -2.23. The molecule has 2 aliphatic rings. The van der Waals surface area contributed by atoms with Crippen molar-refractivity contribution in [3.05, 3.63) is 83.7 Å². The Morgan fingerprint density at radius 2 is 1.38 bits per heavy atom. The van der Waals surface area contributed by atoms with Gasteiger partial charge in [0.25, 0.3) is 0 Å². The molecule has 0 heterocycles. The zero-order valence-corrected chi connectivity index (χ0v) is 25.2. The fourth-order valence-corrected chi connectivity index (χ4v) is 7.22. The van der Waals surface area contributed by atoms with E-state index < -0.39 is 11.6 Å². The number of allylic oxidation sites excluding steroid dienone is 2. The van der Waals surface area contributed by atoms with E-state index in [2.05, 4.69) is 13.0 Å². The first kappa shape index (κ1) is 30.4. The normalized spacial score (nSPS) is 20.8. The van der Waals surface area contributed by atoms with Gasteiger partial charge in [-0.05, 0) is 90.3 Å². The molecule has 0 radical (unpaired) electrons. The van der Waals surface area contributed by atoms with Crippen molar-refractivity contribution in [1.82, 2.24) is 0 Å². The van der Waals surface area contributed by atoms with Crippen molar-refractivity contribution in [2.24, 2.45) is 17.8 Å². The molecule has 0 saturated heterocycles. The topological polar surface area (TPSA) is 9.23 Å². The minimum absolute atomic E-state index is 0.127. The van der Waals surface area contributed by atoms with Gasteiger partial charge in [-0.1, -0.05) is 101 Å². The molecule has 0 aromatic heterocycles. The van der Waals surface area contributed by atoms with Gasteiger partial charge >= 0.3 is 0 Å². The summed E-state index contributed by atoms with van der Waals surface area (Å²) in [5, 5.41) is 0. The molecule has 1 saturated carbocycles. The molecule has 5 rings (SSSR count).